The Balaban J connectivity index is 1.35. The van der Waals surface area contributed by atoms with Gasteiger partial charge in [0.2, 0.25) is 0 Å². The molecule has 0 radical (unpaired) electrons. The van der Waals surface area contributed by atoms with Crippen molar-refractivity contribution in [3.8, 4) is 11.4 Å². The molecule has 2 N–H and O–H groups in total. The molecule has 8 nitrogen and oxygen atoms in total. The van der Waals surface area contributed by atoms with Crippen LogP contribution in [0.25, 0.3) is 33.2 Å². The molecule has 2 atom stereocenters. The molecule has 46 heavy (non-hydrogen) atoms. The molecule has 0 saturated heterocycles. The number of aromatic nitrogens is 3. The van der Waals surface area contributed by atoms with E-state index in [1.54, 1.807) is 12.1 Å². The van der Waals surface area contributed by atoms with E-state index >= 15 is 4.39 Å². The van der Waals surface area contributed by atoms with Crippen LogP contribution in [0, 0.1) is 36.3 Å². The van der Waals surface area contributed by atoms with Gasteiger partial charge in [0.1, 0.15) is 17.2 Å². The van der Waals surface area contributed by atoms with Crippen molar-refractivity contribution in [2.45, 2.75) is 62.3 Å². The van der Waals surface area contributed by atoms with Gasteiger partial charge in [0, 0.05) is 34.6 Å². The van der Waals surface area contributed by atoms with Crippen molar-refractivity contribution < 1.29 is 27.1 Å². The fourth-order valence-corrected chi connectivity index (χ4v) is 9.11. The first kappa shape index (κ1) is 29.1. The van der Waals surface area contributed by atoms with Crippen LogP contribution in [0.5, 0.6) is 0 Å². The number of rotatable bonds is 7. The Morgan fingerprint density at radius 2 is 1.65 bits per heavy atom. The Morgan fingerprint density at radius 1 is 0.935 bits per heavy atom. The van der Waals surface area contributed by atoms with Crippen LogP contribution in [0.1, 0.15) is 55.6 Å². The molecule has 4 aliphatic carbocycles. The molecule has 2 unspecified atom stereocenters. The SMILES string of the molecule is Cc1ccc(S(=O)(=O)n2cc(-c3nc(NC4C5CCC(CC5)C4C(=O)O)c4cccc(C5CC5)c4n3)c3cc(F)cc(F)c32)cc1. The molecule has 0 amide bonds. The number of hydrogen-bond donors (Lipinski definition) is 2. The Labute approximate surface area is 264 Å². The Bertz CT molecular complexity index is 2150. The van der Waals surface area contributed by atoms with Crippen molar-refractivity contribution in [2.24, 2.45) is 17.8 Å². The van der Waals surface area contributed by atoms with Crippen LogP contribution in [-0.4, -0.2) is 39.5 Å². The molecule has 2 aromatic heterocycles. The maximum Gasteiger partial charge on any atom is 0.308 e. The van der Waals surface area contributed by atoms with Crippen molar-refractivity contribution in [3.05, 3.63) is 83.6 Å². The number of fused-ring (bicyclic) bond motifs is 5. The van der Waals surface area contributed by atoms with Crippen LogP contribution < -0.4 is 5.32 Å². The maximum absolute atomic E-state index is 15.5. The van der Waals surface area contributed by atoms with Gasteiger partial charge in [-0.2, -0.15) is 0 Å². The molecule has 4 fully saturated rings. The van der Waals surface area contributed by atoms with Crippen molar-refractivity contribution in [2.75, 3.05) is 5.32 Å². The van der Waals surface area contributed by atoms with Crippen LogP contribution >= 0.6 is 0 Å². The zero-order valence-corrected chi connectivity index (χ0v) is 25.9. The summed E-state index contributed by atoms with van der Waals surface area (Å²) in [6.07, 6.45) is 6.88. The third kappa shape index (κ3) is 4.66. The van der Waals surface area contributed by atoms with E-state index in [1.807, 2.05) is 25.1 Å². The number of carbonyl (C=O) groups is 1. The van der Waals surface area contributed by atoms with Gasteiger partial charge in [0.15, 0.2) is 11.6 Å². The van der Waals surface area contributed by atoms with Gasteiger partial charge in [0.05, 0.1) is 16.3 Å². The second kappa shape index (κ2) is 10.6. The lowest BCUT2D eigenvalue weighted by Crippen LogP contribution is -2.51. The molecule has 3 aromatic carbocycles. The van der Waals surface area contributed by atoms with Gasteiger partial charge in [-0.25, -0.2) is 31.1 Å². The van der Waals surface area contributed by atoms with E-state index in [4.69, 9.17) is 9.97 Å². The van der Waals surface area contributed by atoms with E-state index < -0.39 is 33.5 Å². The van der Waals surface area contributed by atoms with Crippen LogP contribution in [0.4, 0.5) is 14.6 Å². The van der Waals surface area contributed by atoms with E-state index in [0.29, 0.717) is 23.3 Å². The van der Waals surface area contributed by atoms with Crippen LogP contribution in [0.2, 0.25) is 0 Å². The summed E-state index contributed by atoms with van der Waals surface area (Å²) in [6, 6.07) is 13.5. The number of anilines is 1. The average molecular weight is 643 g/mol. The first-order valence-electron chi connectivity index (χ1n) is 15.7. The van der Waals surface area contributed by atoms with Crippen molar-refractivity contribution >= 4 is 43.6 Å². The minimum atomic E-state index is -4.30. The van der Waals surface area contributed by atoms with Gasteiger partial charge in [-0.3, -0.25) is 4.79 Å². The number of nitrogens with zero attached hydrogens (tertiary/aromatic N) is 3. The average Bonchev–Trinajstić information content (AvgIpc) is 3.80. The predicted molar refractivity (Wildman–Crippen MR) is 170 cm³/mol. The van der Waals surface area contributed by atoms with Gasteiger partial charge in [-0.05, 0) is 93.0 Å². The normalized spacial score (nSPS) is 22.8. The lowest BCUT2D eigenvalue weighted by atomic mass is 9.61. The fourth-order valence-electron chi connectivity index (χ4n) is 7.74. The van der Waals surface area contributed by atoms with E-state index in [9.17, 15) is 22.7 Å². The number of carboxylic acid groups (broad SMARTS) is 1. The molecule has 5 aromatic rings. The minimum Gasteiger partial charge on any atom is -0.481 e. The highest BCUT2D eigenvalue weighted by Gasteiger charge is 2.47. The Morgan fingerprint density at radius 3 is 2.35 bits per heavy atom. The number of hydrogen-bond acceptors (Lipinski definition) is 6. The van der Waals surface area contributed by atoms with Crippen molar-refractivity contribution in [3.63, 3.8) is 0 Å². The summed E-state index contributed by atoms with van der Waals surface area (Å²) in [5.74, 6) is -2.23. The Kier molecular flexibility index (Phi) is 6.68. The molecule has 11 heteroatoms. The van der Waals surface area contributed by atoms with Crippen LogP contribution in [0.3, 0.4) is 0 Å². The number of benzene rings is 3. The fraction of sp³-hybridized carbons (Fsp3) is 0.343. The van der Waals surface area contributed by atoms with E-state index in [2.05, 4.69) is 5.32 Å². The van der Waals surface area contributed by atoms with Gasteiger partial charge in [0.25, 0.3) is 10.0 Å². The van der Waals surface area contributed by atoms with E-state index in [1.165, 1.54) is 18.3 Å². The summed E-state index contributed by atoms with van der Waals surface area (Å²) in [7, 11) is -4.30. The monoisotopic (exact) mass is 642 g/mol. The third-order valence-corrected chi connectivity index (χ3v) is 11.9. The highest BCUT2D eigenvalue weighted by atomic mass is 32.2. The van der Waals surface area contributed by atoms with Gasteiger partial charge >= 0.3 is 5.97 Å². The van der Waals surface area contributed by atoms with Crippen molar-refractivity contribution in [1.82, 2.24) is 13.9 Å². The largest absolute Gasteiger partial charge is 0.481 e. The highest BCUT2D eigenvalue weighted by molar-refractivity contribution is 7.90. The summed E-state index contributed by atoms with van der Waals surface area (Å²) < 4.78 is 59.0. The summed E-state index contributed by atoms with van der Waals surface area (Å²) in [4.78, 5) is 22.3. The molecular weight excluding hydrogens is 610 g/mol. The molecule has 236 valence electrons. The second-order valence-corrected chi connectivity index (χ2v) is 14.9. The van der Waals surface area contributed by atoms with Gasteiger partial charge < -0.3 is 10.4 Å². The Hall–Kier alpha value is -4.38. The van der Waals surface area contributed by atoms with Crippen molar-refractivity contribution in [1.29, 1.82) is 0 Å². The lowest BCUT2D eigenvalue weighted by molar-refractivity contribution is -0.148. The lowest BCUT2D eigenvalue weighted by Gasteiger charge is -2.47. The number of nitrogens with one attached hydrogen (secondary N) is 1. The maximum atomic E-state index is 15.5. The molecule has 0 spiro atoms. The van der Waals surface area contributed by atoms with Gasteiger partial charge in [-0.1, -0.05) is 29.8 Å². The smallest absolute Gasteiger partial charge is 0.308 e. The first-order valence-corrected chi connectivity index (χ1v) is 17.2. The van der Waals surface area contributed by atoms with E-state index in [-0.39, 0.29) is 45.1 Å². The number of aliphatic carboxylic acids is 1. The highest BCUT2D eigenvalue weighted by Crippen LogP contribution is 2.48. The topological polar surface area (TPSA) is 114 Å². The number of aryl methyl sites for hydroxylation is 1. The number of halogens is 2. The van der Waals surface area contributed by atoms with E-state index in [0.717, 1.165) is 65.1 Å². The van der Waals surface area contributed by atoms with Gasteiger partial charge in [-0.15, -0.1) is 0 Å². The summed E-state index contributed by atoms with van der Waals surface area (Å²) >= 11 is 0. The molecule has 2 bridgehead atoms. The summed E-state index contributed by atoms with van der Waals surface area (Å²) in [5, 5.41) is 14.5. The molecule has 2 heterocycles. The quantitative estimate of drug-likeness (QED) is 0.192. The molecular formula is C35H32F2N4O4S. The standard InChI is InChI=1S/C35H32F2N4O4S/c1-18-5-13-23(14-6-18)46(44,45)41-17-27(26-15-22(36)16-28(37)32(26)41)34-39-31-24(19-7-8-19)3-2-4-25(31)33(40-34)38-30-21-11-9-20(10-12-21)29(30)35(42)43/h2-6,13-17,19-21,29-30H,7-12H2,1H3,(H,42,43)(H,38,39,40). The summed E-state index contributed by atoms with van der Waals surface area (Å²) in [5.41, 5.74) is 2.38. The zero-order valence-electron chi connectivity index (χ0n) is 25.1. The third-order valence-electron chi connectivity index (χ3n) is 10.2. The molecule has 4 saturated carbocycles. The second-order valence-electron chi connectivity index (χ2n) is 13.1. The molecule has 0 aliphatic heterocycles. The predicted octanol–water partition coefficient (Wildman–Crippen LogP) is 7.25. The number of carboxylic acids is 1. The minimum absolute atomic E-state index is 0.0162. The molecule has 4 aliphatic rings. The molecule has 9 rings (SSSR count). The van der Waals surface area contributed by atoms with Crippen LogP contribution in [-0.2, 0) is 14.8 Å². The summed E-state index contributed by atoms with van der Waals surface area (Å²) in [6.45, 7) is 1.83. The van der Waals surface area contributed by atoms with Crippen LogP contribution in [0.15, 0.2) is 65.7 Å². The first-order chi connectivity index (χ1) is 22.1. The zero-order chi connectivity index (χ0) is 31.9. The number of para-hydroxylation sites is 1.